The molecular weight excluding hydrogens is 198 g/mol. The van der Waals surface area contributed by atoms with Crippen molar-refractivity contribution in [2.45, 2.75) is 6.54 Å². The number of nitrogens with one attached hydrogen (secondary N) is 1. The number of carbonyl (C=O) groups excluding carboxylic acids is 1. The first-order valence-corrected chi connectivity index (χ1v) is 4.18. The summed E-state index contributed by atoms with van der Waals surface area (Å²) in [6, 6.07) is 2.50. The Hall–Kier alpha value is -2.17. The van der Waals surface area contributed by atoms with Crippen LogP contribution in [0, 0.1) is 0 Å². The summed E-state index contributed by atoms with van der Waals surface area (Å²) in [5.74, 6) is -1.80. The molecule has 0 aliphatic carbocycles. The molecule has 0 aliphatic rings. The van der Waals surface area contributed by atoms with Crippen LogP contribution in [0.25, 0.3) is 0 Å². The van der Waals surface area contributed by atoms with Crippen molar-refractivity contribution in [3.8, 4) is 17.2 Å². The highest BCUT2D eigenvalue weighted by Crippen LogP contribution is 2.35. The number of carbonyl (C=O) groups is 1. The second-order valence-corrected chi connectivity index (χ2v) is 2.90. The molecule has 0 aliphatic heterocycles. The first-order valence-electron chi connectivity index (χ1n) is 4.18. The van der Waals surface area contributed by atoms with E-state index in [2.05, 4.69) is 11.9 Å². The van der Waals surface area contributed by atoms with E-state index in [1.165, 1.54) is 12.1 Å². The van der Waals surface area contributed by atoms with Crippen LogP contribution in [0.1, 0.15) is 5.56 Å². The third kappa shape index (κ3) is 2.63. The van der Waals surface area contributed by atoms with Crippen LogP contribution in [0.3, 0.4) is 0 Å². The summed E-state index contributed by atoms with van der Waals surface area (Å²) in [5, 5.41) is 29.8. The third-order valence-electron chi connectivity index (χ3n) is 1.78. The molecule has 0 heterocycles. The molecule has 0 aromatic heterocycles. The minimum atomic E-state index is -0.575. The molecule has 5 heteroatoms. The maximum atomic E-state index is 10.8. The van der Waals surface area contributed by atoms with Crippen LogP contribution in [-0.4, -0.2) is 21.2 Å². The molecule has 15 heavy (non-hydrogen) atoms. The van der Waals surface area contributed by atoms with Crippen molar-refractivity contribution >= 4 is 5.91 Å². The maximum absolute atomic E-state index is 10.8. The van der Waals surface area contributed by atoms with Gasteiger partial charge in [-0.1, -0.05) is 6.58 Å². The van der Waals surface area contributed by atoms with E-state index < -0.39 is 17.2 Å². The van der Waals surface area contributed by atoms with Gasteiger partial charge in [0, 0.05) is 6.54 Å². The number of hydrogen-bond donors (Lipinski definition) is 4. The zero-order valence-corrected chi connectivity index (χ0v) is 7.90. The van der Waals surface area contributed by atoms with Gasteiger partial charge in [0.1, 0.15) is 0 Å². The lowest BCUT2D eigenvalue weighted by Gasteiger charge is -2.06. The van der Waals surface area contributed by atoms with Gasteiger partial charge in [0.2, 0.25) is 5.91 Å². The molecule has 0 spiro atoms. The summed E-state index contributed by atoms with van der Waals surface area (Å²) < 4.78 is 0. The molecule has 0 saturated heterocycles. The molecule has 4 N–H and O–H groups in total. The van der Waals surface area contributed by atoms with Crippen molar-refractivity contribution in [2.24, 2.45) is 0 Å². The van der Waals surface area contributed by atoms with E-state index in [0.717, 1.165) is 6.08 Å². The Balaban J connectivity index is 2.79. The molecule has 0 unspecified atom stereocenters. The van der Waals surface area contributed by atoms with Gasteiger partial charge >= 0.3 is 0 Å². The lowest BCUT2D eigenvalue weighted by Crippen LogP contribution is -2.19. The van der Waals surface area contributed by atoms with Crippen LogP contribution in [0.15, 0.2) is 24.8 Å². The van der Waals surface area contributed by atoms with Gasteiger partial charge in [-0.3, -0.25) is 4.79 Å². The van der Waals surface area contributed by atoms with E-state index in [-0.39, 0.29) is 12.5 Å². The van der Waals surface area contributed by atoms with E-state index in [0.29, 0.717) is 5.56 Å². The summed E-state index contributed by atoms with van der Waals surface area (Å²) in [6.45, 7) is 3.40. The Labute approximate surface area is 86.3 Å². The minimum Gasteiger partial charge on any atom is -0.504 e. The van der Waals surface area contributed by atoms with Crippen molar-refractivity contribution in [1.82, 2.24) is 5.32 Å². The lowest BCUT2D eigenvalue weighted by atomic mass is 10.2. The average Bonchev–Trinajstić information content (AvgIpc) is 2.22. The summed E-state index contributed by atoms with van der Waals surface area (Å²) in [4.78, 5) is 10.8. The minimum absolute atomic E-state index is 0.131. The maximum Gasteiger partial charge on any atom is 0.243 e. The lowest BCUT2D eigenvalue weighted by molar-refractivity contribution is -0.116. The Bertz CT molecular complexity index is 377. The molecule has 1 amide bonds. The van der Waals surface area contributed by atoms with Gasteiger partial charge < -0.3 is 20.6 Å². The summed E-state index contributed by atoms with van der Waals surface area (Å²) in [7, 11) is 0. The van der Waals surface area contributed by atoms with E-state index in [9.17, 15) is 4.79 Å². The largest absolute Gasteiger partial charge is 0.504 e. The Morgan fingerprint density at radius 3 is 2.33 bits per heavy atom. The van der Waals surface area contributed by atoms with Crippen molar-refractivity contribution in [3.63, 3.8) is 0 Å². The molecular formula is C10H11NO4. The normalized spacial score (nSPS) is 9.60. The van der Waals surface area contributed by atoms with Crippen molar-refractivity contribution < 1.29 is 20.1 Å². The van der Waals surface area contributed by atoms with Gasteiger partial charge in [0.25, 0.3) is 0 Å². The molecule has 1 rings (SSSR count). The van der Waals surface area contributed by atoms with Crippen LogP contribution in [-0.2, 0) is 11.3 Å². The SMILES string of the molecule is C=CC(=O)NCc1cc(O)c(O)c(O)c1. The number of rotatable bonds is 3. The standard InChI is InChI=1S/C10H11NO4/c1-2-9(14)11-5-6-3-7(12)10(15)8(13)4-6/h2-4,12-13,15H,1,5H2,(H,11,14). The van der Waals surface area contributed by atoms with Gasteiger partial charge in [0.05, 0.1) is 0 Å². The van der Waals surface area contributed by atoms with Crippen molar-refractivity contribution in [1.29, 1.82) is 0 Å². The highest BCUT2D eigenvalue weighted by molar-refractivity contribution is 5.86. The second-order valence-electron chi connectivity index (χ2n) is 2.90. The van der Waals surface area contributed by atoms with Crippen LogP contribution in [0.5, 0.6) is 17.2 Å². The molecule has 5 nitrogen and oxygen atoms in total. The van der Waals surface area contributed by atoms with Gasteiger partial charge in [-0.25, -0.2) is 0 Å². The molecule has 0 bridgehead atoms. The second kappa shape index (κ2) is 4.36. The molecule has 0 fully saturated rings. The Morgan fingerprint density at radius 1 is 1.33 bits per heavy atom. The third-order valence-corrected chi connectivity index (χ3v) is 1.78. The van der Waals surface area contributed by atoms with E-state index in [1.54, 1.807) is 0 Å². The number of phenolic OH excluding ortho intramolecular Hbond substituents is 3. The summed E-state index contributed by atoms with van der Waals surface area (Å²) in [6.07, 6.45) is 1.11. The zero-order valence-electron chi connectivity index (χ0n) is 7.90. The quantitative estimate of drug-likeness (QED) is 0.433. The number of amides is 1. The van der Waals surface area contributed by atoms with Crippen LogP contribution >= 0.6 is 0 Å². The predicted octanol–water partition coefficient (Wildman–Crippen LogP) is 0.606. The Morgan fingerprint density at radius 2 is 1.87 bits per heavy atom. The van der Waals surface area contributed by atoms with Gasteiger partial charge in [-0.15, -0.1) is 0 Å². The molecule has 0 radical (unpaired) electrons. The predicted molar refractivity (Wildman–Crippen MR) is 53.5 cm³/mol. The highest BCUT2D eigenvalue weighted by atomic mass is 16.3. The average molecular weight is 209 g/mol. The van der Waals surface area contributed by atoms with Crippen LogP contribution < -0.4 is 5.32 Å². The molecule has 1 aromatic rings. The topological polar surface area (TPSA) is 89.8 Å². The molecule has 80 valence electrons. The molecule has 0 atom stereocenters. The number of aromatic hydroxyl groups is 3. The van der Waals surface area contributed by atoms with Crippen molar-refractivity contribution in [3.05, 3.63) is 30.4 Å². The smallest absolute Gasteiger partial charge is 0.243 e. The summed E-state index contributed by atoms with van der Waals surface area (Å²) >= 11 is 0. The van der Waals surface area contributed by atoms with E-state index in [1.807, 2.05) is 0 Å². The fourth-order valence-electron chi connectivity index (χ4n) is 1.02. The number of benzene rings is 1. The number of phenols is 3. The van der Waals surface area contributed by atoms with Gasteiger partial charge in [-0.05, 0) is 23.8 Å². The summed E-state index contributed by atoms with van der Waals surface area (Å²) in [5.41, 5.74) is 0.470. The fraction of sp³-hybridized carbons (Fsp3) is 0.100. The van der Waals surface area contributed by atoms with Gasteiger partial charge in [-0.2, -0.15) is 0 Å². The van der Waals surface area contributed by atoms with Crippen molar-refractivity contribution in [2.75, 3.05) is 0 Å². The molecule has 1 aromatic carbocycles. The zero-order chi connectivity index (χ0) is 11.4. The first-order chi connectivity index (χ1) is 7.04. The fourth-order valence-corrected chi connectivity index (χ4v) is 1.02. The van der Waals surface area contributed by atoms with E-state index in [4.69, 9.17) is 15.3 Å². The molecule has 0 saturated carbocycles. The first kappa shape index (κ1) is 10.9. The van der Waals surface area contributed by atoms with Gasteiger partial charge in [0.15, 0.2) is 17.2 Å². The number of hydrogen-bond acceptors (Lipinski definition) is 4. The van der Waals surface area contributed by atoms with Crippen LogP contribution in [0.4, 0.5) is 0 Å². The Kier molecular flexibility index (Phi) is 3.17. The highest BCUT2D eigenvalue weighted by Gasteiger charge is 2.07. The monoisotopic (exact) mass is 209 g/mol. The van der Waals surface area contributed by atoms with E-state index >= 15 is 0 Å². The van der Waals surface area contributed by atoms with Crippen LogP contribution in [0.2, 0.25) is 0 Å².